The zero-order valence-corrected chi connectivity index (χ0v) is 23.3. The lowest BCUT2D eigenvalue weighted by atomic mass is 9.93. The molecule has 43 heavy (non-hydrogen) atoms. The molecule has 0 saturated heterocycles. The summed E-state index contributed by atoms with van der Waals surface area (Å²) in [6, 6.07) is 45.4. The van der Waals surface area contributed by atoms with Crippen molar-refractivity contribution in [2.45, 2.75) is 6.42 Å². The first kappa shape index (κ1) is 23.1. The number of fused-ring (bicyclic) bond motifs is 10. The maximum atomic E-state index is 12.0. The second-order valence-corrected chi connectivity index (χ2v) is 12.2. The number of hydrogen-bond acceptors (Lipinski definition) is 1. The fraction of sp³-hybridized carbons (Fsp3) is 0.0238. The lowest BCUT2D eigenvalue weighted by Gasteiger charge is -2.11. The molecule has 1 heteroatoms. The van der Waals surface area contributed by atoms with Crippen LogP contribution < -0.4 is 10.4 Å². The number of rotatable bonds is 0. The van der Waals surface area contributed by atoms with Gasteiger partial charge in [-0.25, -0.2) is 0 Å². The first-order valence-corrected chi connectivity index (χ1v) is 14.9. The van der Waals surface area contributed by atoms with Crippen LogP contribution in [0.2, 0.25) is 0 Å². The fourth-order valence-corrected chi connectivity index (χ4v) is 7.33. The molecule has 0 unspecified atom stereocenters. The van der Waals surface area contributed by atoms with Crippen molar-refractivity contribution < 1.29 is 4.79 Å². The van der Waals surface area contributed by atoms with E-state index in [4.69, 9.17) is 0 Å². The number of carbonyl (C=O) groups excluding carboxylic acids is 1. The van der Waals surface area contributed by atoms with E-state index in [2.05, 4.69) is 127 Å². The van der Waals surface area contributed by atoms with Crippen LogP contribution >= 0.6 is 0 Å². The Balaban J connectivity index is 1.20. The monoisotopic (exact) mass is 544 g/mol. The number of hydrogen-bond donors (Lipinski definition) is 0. The highest BCUT2D eigenvalue weighted by Gasteiger charge is 2.10. The van der Waals surface area contributed by atoms with Gasteiger partial charge in [0.25, 0.3) is 0 Å². The van der Waals surface area contributed by atoms with Crippen molar-refractivity contribution in [3.63, 3.8) is 0 Å². The van der Waals surface area contributed by atoms with Gasteiger partial charge in [-0.1, -0.05) is 42.5 Å². The molecule has 198 valence electrons. The third kappa shape index (κ3) is 3.49. The van der Waals surface area contributed by atoms with Gasteiger partial charge in [0.05, 0.1) is 0 Å². The van der Waals surface area contributed by atoms with Gasteiger partial charge in [0.2, 0.25) is 0 Å². The van der Waals surface area contributed by atoms with Crippen molar-refractivity contribution in [2.75, 3.05) is 0 Å². The molecule has 0 heterocycles. The highest BCUT2D eigenvalue weighted by Crippen LogP contribution is 2.36. The van der Waals surface area contributed by atoms with Gasteiger partial charge in [0.1, 0.15) is 0 Å². The summed E-state index contributed by atoms with van der Waals surface area (Å²) in [5, 5.41) is 22.3. The topological polar surface area (TPSA) is 17.1 Å². The molecule has 0 bridgehead atoms. The van der Waals surface area contributed by atoms with Crippen LogP contribution in [0, 0.1) is 0 Å². The summed E-state index contributed by atoms with van der Waals surface area (Å²) in [5.41, 5.74) is 0. The molecule has 0 amide bonds. The SMILES string of the molecule is O=C1C=c2cc3cc4cc5ccc6cc7cc8cc9cc%10ccccc%10cc9cc8cc7cc6c5cc4cc3cc2=CC1. The summed E-state index contributed by atoms with van der Waals surface area (Å²) in [6.45, 7) is 0. The Labute approximate surface area is 246 Å². The Morgan fingerprint density at radius 1 is 0.349 bits per heavy atom. The highest BCUT2D eigenvalue weighted by molar-refractivity contribution is 6.18. The molecule has 10 rings (SSSR count). The van der Waals surface area contributed by atoms with Gasteiger partial charge in [-0.15, -0.1) is 0 Å². The molecule has 0 saturated carbocycles. The van der Waals surface area contributed by atoms with E-state index in [1.807, 2.05) is 0 Å². The summed E-state index contributed by atoms with van der Waals surface area (Å²) in [5.74, 6) is 0.174. The summed E-state index contributed by atoms with van der Waals surface area (Å²) in [6.07, 6.45) is 4.32. The van der Waals surface area contributed by atoms with Gasteiger partial charge < -0.3 is 0 Å². The van der Waals surface area contributed by atoms with Gasteiger partial charge in [-0.3, -0.25) is 4.79 Å². The molecule has 0 aliphatic heterocycles. The van der Waals surface area contributed by atoms with Crippen molar-refractivity contribution in [3.8, 4) is 0 Å². The average Bonchev–Trinajstić information content (AvgIpc) is 3.01. The molecule has 0 aromatic heterocycles. The van der Waals surface area contributed by atoms with Crippen LogP contribution in [0.1, 0.15) is 6.42 Å². The molecule has 0 radical (unpaired) electrons. The highest BCUT2D eigenvalue weighted by atomic mass is 16.1. The minimum Gasteiger partial charge on any atom is -0.294 e. The zero-order valence-electron chi connectivity index (χ0n) is 23.3. The molecule has 1 aliphatic carbocycles. The first-order chi connectivity index (χ1) is 21.1. The fourth-order valence-electron chi connectivity index (χ4n) is 7.33. The van der Waals surface area contributed by atoms with E-state index in [9.17, 15) is 4.79 Å². The van der Waals surface area contributed by atoms with Gasteiger partial charge in [-0.05, 0) is 188 Å². The largest absolute Gasteiger partial charge is 0.294 e. The van der Waals surface area contributed by atoms with Crippen LogP contribution in [0.3, 0.4) is 0 Å². The third-order valence-electron chi connectivity index (χ3n) is 9.52. The minimum atomic E-state index is 0.174. The lowest BCUT2D eigenvalue weighted by molar-refractivity contribution is -0.112. The summed E-state index contributed by atoms with van der Waals surface area (Å²) in [4.78, 5) is 12.0. The lowest BCUT2D eigenvalue weighted by Crippen LogP contribution is -2.28. The smallest absolute Gasteiger partial charge is 0.160 e. The second-order valence-electron chi connectivity index (χ2n) is 12.2. The molecule has 9 aromatic rings. The van der Waals surface area contributed by atoms with E-state index in [1.165, 1.54) is 86.2 Å². The minimum absolute atomic E-state index is 0.174. The van der Waals surface area contributed by atoms with Crippen LogP contribution in [0.15, 0.2) is 121 Å². The zero-order chi connectivity index (χ0) is 28.2. The van der Waals surface area contributed by atoms with Crippen molar-refractivity contribution in [2.24, 2.45) is 0 Å². The Bertz CT molecular complexity index is 2870. The van der Waals surface area contributed by atoms with E-state index in [1.54, 1.807) is 6.08 Å². The van der Waals surface area contributed by atoms with Crippen molar-refractivity contribution in [1.82, 2.24) is 0 Å². The van der Waals surface area contributed by atoms with Crippen LogP contribution in [0.4, 0.5) is 0 Å². The van der Waals surface area contributed by atoms with Crippen LogP contribution in [-0.2, 0) is 4.79 Å². The second kappa shape index (κ2) is 8.27. The van der Waals surface area contributed by atoms with E-state index in [0.29, 0.717) is 6.42 Å². The van der Waals surface area contributed by atoms with E-state index in [0.717, 1.165) is 10.4 Å². The van der Waals surface area contributed by atoms with Gasteiger partial charge in [0.15, 0.2) is 5.78 Å². The Morgan fingerprint density at radius 3 is 1.21 bits per heavy atom. The Morgan fingerprint density at radius 2 is 0.721 bits per heavy atom. The van der Waals surface area contributed by atoms with Gasteiger partial charge in [0, 0.05) is 6.42 Å². The number of ketones is 1. The molecule has 1 aliphatic rings. The Kier molecular flexibility index (Phi) is 4.44. The maximum Gasteiger partial charge on any atom is 0.160 e. The van der Waals surface area contributed by atoms with Crippen LogP contribution in [0.5, 0.6) is 0 Å². The predicted octanol–water partition coefficient (Wildman–Crippen LogP) is 9.45. The molecular weight excluding hydrogens is 520 g/mol. The average molecular weight is 545 g/mol. The van der Waals surface area contributed by atoms with Crippen molar-refractivity contribution in [1.29, 1.82) is 0 Å². The quantitative estimate of drug-likeness (QED) is 0.137. The third-order valence-corrected chi connectivity index (χ3v) is 9.52. The molecule has 0 fully saturated rings. The molecule has 0 N–H and O–H groups in total. The van der Waals surface area contributed by atoms with Crippen molar-refractivity contribution in [3.05, 3.63) is 132 Å². The van der Waals surface area contributed by atoms with Crippen LogP contribution in [-0.4, -0.2) is 5.78 Å². The number of carbonyl (C=O) groups is 1. The van der Waals surface area contributed by atoms with Crippen molar-refractivity contribution >= 4 is 104 Å². The normalized spacial score (nSPS) is 13.4. The molecule has 0 spiro atoms. The number of benzene rings is 9. The van der Waals surface area contributed by atoms with E-state index < -0.39 is 0 Å². The summed E-state index contributed by atoms with van der Waals surface area (Å²) < 4.78 is 0. The van der Waals surface area contributed by atoms with Gasteiger partial charge >= 0.3 is 0 Å². The van der Waals surface area contributed by atoms with Gasteiger partial charge in [-0.2, -0.15) is 0 Å². The van der Waals surface area contributed by atoms with E-state index >= 15 is 0 Å². The molecular formula is C42H24O. The first-order valence-electron chi connectivity index (χ1n) is 14.9. The summed E-state index contributed by atoms with van der Waals surface area (Å²) >= 11 is 0. The number of Topliss-reactive ketones (excluding diaryl/α,β-unsaturated/α-hetero) is 1. The van der Waals surface area contributed by atoms with E-state index in [-0.39, 0.29) is 5.78 Å². The standard InChI is InChI=1S/C42H24O/c43-40-8-7-26-11-31-19-38-22-41-28(13-33(38)17-35(31)18-37(26)21-40)6-5-27-12-32-16-34-14-29-9-24-3-1-2-4-25(24)10-30(29)15-36(34)20-39(32)23-42(27)41/h1-7,9-23H,8H2. The molecule has 1 nitrogen and oxygen atoms in total. The Hall–Kier alpha value is -5.53. The van der Waals surface area contributed by atoms with Crippen LogP contribution in [0.25, 0.3) is 98.3 Å². The predicted molar refractivity (Wildman–Crippen MR) is 184 cm³/mol. The molecule has 9 aromatic carbocycles. The summed E-state index contributed by atoms with van der Waals surface area (Å²) in [7, 11) is 0. The maximum absolute atomic E-state index is 12.0. The molecule has 0 atom stereocenters.